The molecule has 6 nitrogen and oxygen atoms in total. The van der Waals surface area contributed by atoms with Crippen LogP contribution in [-0.2, 0) is 9.53 Å². The molecule has 4 rings (SSSR count). The Hall–Kier alpha value is -3.19. The molecule has 1 aromatic carbocycles. The van der Waals surface area contributed by atoms with E-state index in [1.807, 2.05) is 30.3 Å². The third-order valence-corrected chi connectivity index (χ3v) is 6.02. The van der Waals surface area contributed by atoms with E-state index >= 15 is 0 Å². The van der Waals surface area contributed by atoms with Crippen LogP contribution < -0.4 is 5.32 Å². The van der Waals surface area contributed by atoms with Crippen LogP contribution in [0.1, 0.15) is 41.9 Å². The number of pyridine rings is 1. The molecule has 7 heteroatoms. The summed E-state index contributed by atoms with van der Waals surface area (Å²) >= 11 is 5.72. The van der Waals surface area contributed by atoms with Gasteiger partial charge >= 0.3 is 5.97 Å². The number of carbonyl (C=O) groups is 1. The molecule has 0 bridgehead atoms. The van der Waals surface area contributed by atoms with Gasteiger partial charge in [0.1, 0.15) is 0 Å². The van der Waals surface area contributed by atoms with Crippen molar-refractivity contribution in [3.05, 3.63) is 83.9 Å². The smallest absolute Gasteiger partial charge is 0.305 e. The van der Waals surface area contributed by atoms with Crippen LogP contribution in [0.25, 0.3) is 5.69 Å². The Morgan fingerprint density at radius 2 is 1.97 bits per heavy atom. The number of benzene rings is 1. The molecule has 0 radical (unpaired) electrons. The van der Waals surface area contributed by atoms with Crippen LogP contribution in [0.5, 0.6) is 0 Å². The van der Waals surface area contributed by atoms with Gasteiger partial charge in [0.15, 0.2) is 5.11 Å². The number of nitrogens with zero attached hydrogens (tertiary/aromatic N) is 3. The molecule has 1 aliphatic heterocycles. The van der Waals surface area contributed by atoms with Crippen molar-refractivity contribution in [1.29, 1.82) is 0 Å². The van der Waals surface area contributed by atoms with E-state index < -0.39 is 0 Å². The van der Waals surface area contributed by atoms with Crippen molar-refractivity contribution in [3.63, 3.8) is 0 Å². The van der Waals surface area contributed by atoms with Crippen LogP contribution in [-0.4, -0.2) is 39.2 Å². The van der Waals surface area contributed by atoms with E-state index in [1.165, 1.54) is 12.7 Å². The Bertz CT molecular complexity index is 1070. The summed E-state index contributed by atoms with van der Waals surface area (Å²) in [6.45, 7) is 2.76. The van der Waals surface area contributed by atoms with Gasteiger partial charge in [-0.05, 0) is 61.5 Å². The molecule has 1 aliphatic rings. The predicted molar refractivity (Wildman–Crippen MR) is 124 cm³/mol. The molecular weight excluding hydrogens is 408 g/mol. The highest BCUT2D eigenvalue weighted by Crippen LogP contribution is 2.39. The molecule has 0 aliphatic carbocycles. The minimum absolute atomic E-state index is 0.0605. The van der Waals surface area contributed by atoms with Crippen molar-refractivity contribution >= 4 is 23.3 Å². The molecule has 160 valence electrons. The number of hydrogen-bond donors (Lipinski definition) is 1. The zero-order chi connectivity index (χ0) is 21.8. The van der Waals surface area contributed by atoms with Gasteiger partial charge in [0.05, 0.1) is 24.9 Å². The summed E-state index contributed by atoms with van der Waals surface area (Å²) in [5.41, 5.74) is 4.38. The maximum atomic E-state index is 11.6. The number of esters is 1. The third-order valence-electron chi connectivity index (χ3n) is 5.66. The van der Waals surface area contributed by atoms with Gasteiger partial charge in [0, 0.05) is 36.7 Å². The predicted octanol–water partition coefficient (Wildman–Crippen LogP) is 4.11. The molecule has 1 saturated heterocycles. The number of hydrogen-bond acceptors (Lipinski definition) is 4. The summed E-state index contributed by atoms with van der Waals surface area (Å²) < 4.78 is 7.02. The first-order chi connectivity index (χ1) is 15.1. The highest BCUT2D eigenvalue weighted by Gasteiger charge is 2.41. The molecule has 0 spiro atoms. The zero-order valence-electron chi connectivity index (χ0n) is 17.7. The Labute approximate surface area is 187 Å². The molecule has 0 saturated carbocycles. The highest BCUT2D eigenvalue weighted by atomic mass is 32.1. The summed E-state index contributed by atoms with van der Waals surface area (Å²) in [6.07, 6.45) is 4.90. The molecule has 31 heavy (non-hydrogen) atoms. The van der Waals surface area contributed by atoms with Crippen molar-refractivity contribution in [2.45, 2.75) is 31.8 Å². The zero-order valence-corrected chi connectivity index (χ0v) is 18.5. The number of aromatic nitrogens is 2. The molecule has 3 aromatic rings. The number of carbonyl (C=O) groups excluding carboxylic acids is 1. The van der Waals surface area contributed by atoms with Crippen molar-refractivity contribution in [1.82, 2.24) is 19.8 Å². The van der Waals surface area contributed by atoms with Gasteiger partial charge in [-0.2, -0.15) is 0 Å². The van der Waals surface area contributed by atoms with Crippen LogP contribution in [0.3, 0.4) is 0 Å². The summed E-state index contributed by atoms with van der Waals surface area (Å²) in [7, 11) is 1.42. The lowest BCUT2D eigenvalue weighted by Crippen LogP contribution is -2.31. The van der Waals surface area contributed by atoms with Gasteiger partial charge in [-0.1, -0.05) is 24.3 Å². The minimum Gasteiger partial charge on any atom is -0.469 e. The maximum Gasteiger partial charge on any atom is 0.305 e. The lowest BCUT2D eigenvalue weighted by atomic mass is 10.0. The third kappa shape index (κ3) is 4.32. The second-order valence-corrected chi connectivity index (χ2v) is 7.98. The second-order valence-electron chi connectivity index (χ2n) is 7.59. The molecule has 1 N–H and O–H groups in total. The number of ether oxygens (including phenoxy) is 1. The first-order valence-corrected chi connectivity index (χ1v) is 10.8. The Balaban J connectivity index is 1.73. The number of para-hydroxylation sites is 1. The van der Waals surface area contributed by atoms with Crippen molar-refractivity contribution in [3.8, 4) is 5.69 Å². The highest BCUT2D eigenvalue weighted by molar-refractivity contribution is 7.80. The quantitative estimate of drug-likeness (QED) is 0.446. The SMILES string of the molecule is COC(=O)CCCN1C(=S)N[C@H](c2ccccn2)[C@H]1c1cccn1-c1ccccc1C. The van der Waals surface area contributed by atoms with Crippen molar-refractivity contribution in [2.75, 3.05) is 13.7 Å². The molecule has 0 unspecified atom stereocenters. The summed E-state index contributed by atoms with van der Waals surface area (Å²) in [5.74, 6) is -0.209. The number of thiocarbonyl (C=S) groups is 1. The van der Waals surface area contributed by atoms with E-state index in [-0.39, 0.29) is 18.1 Å². The first kappa shape index (κ1) is 21.1. The van der Waals surface area contributed by atoms with E-state index in [0.29, 0.717) is 24.5 Å². The van der Waals surface area contributed by atoms with Crippen LogP contribution in [0.15, 0.2) is 67.0 Å². The molecule has 3 heterocycles. The topological polar surface area (TPSA) is 59.4 Å². The summed E-state index contributed by atoms with van der Waals surface area (Å²) in [6, 6.07) is 18.3. The van der Waals surface area contributed by atoms with Crippen molar-refractivity contribution in [2.24, 2.45) is 0 Å². The van der Waals surface area contributed by atoms with Gasteiger partial charge in [-0.25, -0.2) is 0 Å². The molecular formula is C24H26N4O2S. The minimum atomic E-state index is -0.209. The average Bonchev–Trinajstić information content (AvgIpc) is 3.39. The van der Waals surface area contributed by atoms with E-state index in [1.54, 1.807) is 6.20 Å². The number of aryl methyl sites for hydroxylation is 1. The second kappa shape index (κ2) is 9.31. The molecule has 2 aromatic heterocycles. The van der Waals surface area contributed by atoms with Crippen LogP contribution in [0, 0.1) is 6.92 Å². The lowest BCUT2D eigenvalue weighted by molar-refractivity contribution is -0.140. The first-order valence-electron chi connectivity index (χ1n) is 10.4. The Kier molecular flexibility index (Phi) is 6.32. The van der Waals surface area contributed by atoms with Gasteiger partial charge < -0.3 is 19.5 Å². The van der Waals surface area contributed by atoms with Gasteiger partial charge in [0.2, 0.25) is 0 Å². The molecule has 1 fully saturated rings. The van der Waals surface area contributed by atoms with Gasteiger partial charge in [0.25, 0.3) is 0 Å². The lowest BCUT2D eigenvalue weighted by Gasteiger charge is -2.29. The number of nitrogens with one attached hydrogen (secondary N) is 1. The fourth-order valence-corrected chi connectivity index (χ4v) is 4.48. The largest absolute Gasteiger partial charge is 0.469 e. The van der Waals surface area contributed by atoms with E-state index in [4.69, 9.17) is 17.0 Å². The fourth-order valence-electron chi connectivity index (χ4n) is 4.15. The van der Waals surface area contributed by atoms with Crippen molar-refractivity contribution < 1.29 is 9.53 Å². The van der Waals surface area contributed by atoms with Crippen LogP contribution in [0.2, 0.25) is 0 Å². The fraction of sp³-hybridized carbons (Fsp3) is 0.292. The average molecular weight is 435 g/mol. The molecule has 2 atom stereocenters. The standard InChI is InChI=1S/C24H26N4O2S/c1-17-9-3-4-11-19(17)27-15-7-12-20(27)23-22(18-10-5-6-14-25-18)26-24(31)28(23)16-8-13-21(29)30-2/h3-7,9-12,14-15,22-23H,8,13,16H2,1-2H3,(H,26,31)/t22-,23-/m1/s1. The summed E-state index contributed by atoms with van der Waals surface area (Å²) in [5, 5.41) is 4.14. The van der Waals surface area contributed by atoms with Crippen LogP contribution in [0.4, 0.5) is 0 Å². The molecule has 0 amide bonds. The maximum absolute atomic E-state index is 11.6. The van der Waals surface area contributed by atoms with Crippen LogP contribution >= 0.6 is 12.2 Å². The van der Waals surface area contributed by atoms with Gasteiger partial charge in [-0.3, -0.25) is 9.78 Å². The normalized spacial score (nSPS) is 18.1. The van der Waals surface area contributed by atoms with E-state index in [0.717, 1.165) is 17.1 Å². The summed E-state index contributed by atoms with van der Waals surface area (Å²) in [4.78, 5) is 18.4. The van der Waals surface area contributed by atoms with Gasteiger partial charge in [-0.15, -0.1) is 0 Å². The monoisotopic (exact) mass is 434 g/mol. The van der Waals surface area contributed by atoms with E-state index in [2.05, 4.69) is 57.2 Å². The Morgan fingerprint density at radius 3 is 2.71 bits per heavy atom. The number of methoxy groups -OCH3 is 1. The Morgan fingerprint density at radius 1 is 1.16 bits per heavy atom. The van der Waals surface area contributed by atoms with E-state index in [9.17, 15) is 4.79 Å². The number of rotatable bonds is 7.